The molecule has 1 atom stereocenters. The summed E-state index contributed by atoms with van der Waals surface area (Å²) in [6.07, 6.45) is -0.312. The molecule has 1 unspecified atom stereocenters. The normalized spacial score (nSPS) is 12.9. The van der Waals surface area contributed by atoms with Gasteiger partial charge in [-0.25, -0.2) is 4.39 Å². The Hall–Kier alpha value is -1.95. The molecule has 0 fully saturated rings. The Bertz CT molecular complexity index is 569. The van der Waals surface area contributed by atoms with E-state index in [2.05, 4.69) is 10.1 Å². The molecule has 0 bridgehead atoms. The number of aromatic nitrogens is 2. The van der Waals surface area contributed by atoms with Gasteiger partial charge < -0.3 is 14.4 Å². The topological polar surface area (TPSA) is 68.4 Å². The first-order chi connectivity index (χ1) is 9.02. The second-order valence-electron chi connectivity index (χ2n) is 4.52. The molecule has 1 N–H and O–H groups in total. The number of hydrogen-bond acceptors (Lipinski definition) is 5. The minimum absolute atomic E-state index is 0.0645. The monoisotopic (exact) mass is 266 g/mol. The molecule has 6 heteroatoms. The molecule has 0 aliphatic rings. The zero-order chi connectivity index (χ0) is 14.0. The predicted molar refractivity (Wildman–Crippen MR) is 65.9 cm³/mol. The van der Waals surface area contributed by atoms with Crippen LogP contribution in [0.4, 0.5) is 4.39 Å². The van der Waals surface area contributed by atoms with Crippen molar-refractivity contribution < 1.29 is 18.8 Å². The fourth-order valence-corrected chi connectivity index (χ4v) is 1.82. The van der Waals surface area contributed by atoms with Crippen molar-refractivity contribution in [1.29, 1.82) is 0 Å². The summed E-state index contributed by atoms with van der Waals surface area (Å²) in [4.78, 5) is 4.15. The van der Waals surface area contributed by atoms with Crippen LogP contribution in [0, 0.1) is 11.7 Å². The molecule has 0 saturated heterocycles. The third kappa shape index (κ3) is 2.73. The number of ether oxygens (including phenoxy) is 1. The number of rotatable bonds is 4. The van der Waals surface area contributed by atoms with Crippen molar-refractivity contribution in [3.63, 3.8) is 0 Å². The lowest BCUT2D eigenvalue weighted by Crippen LogP contribution is -2.10. The van der Waals surface area contributed by atoms with Crippen molar-refractivity contribution in [2.75, 3.05) is 7.11 Å². The van der Waals surface area contributed by atoms with E-state index in [9.17, 15) is 9.50 Å². The summed E-state index contributed by atoms with van der Waals surface area (Å²) in [5.74, 6) is -0.00256. The second-order valence-corrected chi connectivity index (χ2v) is 4.52. The van der Waals surface area contributed by atoms with Gasteiger partial charge >= 0.3 is 0 Å². The van der Waals surface area contributed by atoms with Gasteiger partial charge in [-0.3, -0.25) is 0 Å². The van der Waals surface area contributed by atoms with E-state index in [1.54, 1.807) is 7.11 Å². The summed E-state index contributed by atoms with van der Waals surface area (Å²) in [5.41, 5.74) is 0.164. The number of nitrogens with zero attached hydrogens (tertiary/aromatic N) is 2. The van der Waals surface area contributed by atoms with E-state index in [-0.39, 0.29) is 29.2 Å². The molecular formula is C13H15FN2O3. The van der Waals surface area contributed by atoms with Gasteiger partial charge in [0, 0.05) is 7.11 Å². The molecule has 0 aliphatic carbocycles. The van der Waals surface area contributed by atoms with E-state index >= 15 is 0 Å². The summed E-state index contributed by atoms with van der Waals surface area (Å²) >= 11 is 0. The van der Waals surface area contributed by atoms with Crippen LogP contribution in [-0.2, 0) is 4.74 Å². The maximum Gasteiger partial charge on any atom is 0.261 e. The summed E-state index contributed by atoms with van der Waals surface area (Å²) < 4.78 is 23.5. The maximum absolute atomic E-state index is 13.2. The van der Waals surface area contributed by atoms with Crippen LogP contribution in [-0.4, -0.2) is 22.4 Å². The molecule has 102 valence electrons. The van der Waals surface area contributed by atoms with Gasteiger partial charge in [0.05, 0.1) is 5.56 Å². The quantitative estimate of drug-likeness (QED) is 0.921. The Labute approximate surface area is 110 Å². The smallest absolute Gasteiger partial charge is 0.261 e. The summed E-state index contributed by atoms with van der Waals surface area (Å²) in [6, 6.07) is 3.54. The van der Waals surface area contributed by atoms with Crippen molar-refractivity contribution in [1.82, 2.24) is 10.1 Å². The Morgan fingerprint density at radius 2 is 2.11 bits per heavy atom. The van der Waals surface area contributed by atoms with Crippen LogP contribution < -0.4 is 0 Å². The molecule has 1 aromatic heterocycles. The molecule has 1 heterocycles. The molecule has 5 nitrogen and oxygen atoms in total. The number of aromatic hydroxyl groups is 1. The number of phenolic OH excluding ortho intramolecular Hbond substituents is 1. The fraction of sp³-hybridized carbons (Fsp3) is 0.385. The minimum Gasteiger partial charge on any atom is -0.507 e. The number of phenols is 1. The van der Waals surface area contributed by atoms with Crippen molar-refractivity contribution in [3.8, 4) is 17.2 Å². The fourth-order valence-electron chi connectivity index (χ4n) is 1.82. The van der Waals surface area contributed by atoms with Crippen LogP contribution in [0.1, 0.15) is 25.8 Å². The van der Waals surface area contributed by atoms with E-state index in [1.807, 2.05) is 13.8 Å². The van der Waals surface area contributed by atoms with Crippen LogP contribution in [0.5, 0.6) is 5.75 Å². The Morgan fingerprint density at radius 1 is 1.37 bits per heavy atom. The minimum atomic E-state index is -0.486. The highest BCUT2D eigenvalue weighted by Gasteiger charge is 2.22. The molecule has 2 rings (SSSR count). The van der Waals surface area contributed by atoms with Gasteiger partial charge in [-0.05, 0) is 24.1 Å². The summed E-state index contributed by atoms with van der Waals surface area (Å²) in [6.45, 7) is 3.92. The van der Waals surface area contributed by atoms with Crippen LogP contribution in [0.2, 0.25) is 0 Å². The number of benzene rings is 1. The van der Waals surface area contributed by atoms with Crippen molar-refractivity contribution in [3.05, 3.63) is 29.8 Å². The zero-order valence-electron chi connectivity index (χ0n) is 10.9. The van der Waals surface area contributed by atoms with Crippen LogP contribution >= 0.6 is 0 Å². The molecule has 0 aliphatic heterocycles. The van der Waals surface area contributed by atoms with E-state index < -0.39 is 5.82 Å². The van der Waals surface area contributed by atoms with Gasteiger partial charge in [0.2, 0.25) is 5.82 Å². The molecule has 19 heavy (non-hydrogen) atoms. The average Bonchev–Trinajstić information content (AvgIpc) is 2.82. The van der Waals surface area contributed by atoms with Crippen LogP contribution in [0.25, 0.3) is 11.5 Å². The highest BCUT2D eigenvalue weighted by Crippen LogP contribution is 2.30. The molecule has 0 radical (unpaired) electrons. The second kappa shape index (κ2) is 5.36. The van der Waals surface area contributed by atoms with Crippen molar-refractivity contribution >= 4 is 0 Å². The van der Waals surface area contributed by atoms with E-state index in [0.29, 0.717) is 5.82 Å². The molecule has 0 spiro atoms. The van der Waals surface area contributed by atoms with E-state index in [1.165, 1.54) is 6.07 Å². The summed E-state index contributed by atoms with van der Waals surface area (Å²) in [7, 11) is 1.56. The predicted octanol–water partition coefficient (Wildman–Crippen LogP) is 2.92. The van der Waals surface area contributed by atoms with Crippen LogP contribution in [0.3, 0.4) is 0 Å². The van der Waals surface area contributed by atoms with Crippen molar-refractivity contribution in [2.45, 2.75) is 20.0 Å². The van der Waals surface area contributed by atoms with Crippen LogP contribution in [0.15, 0.2) is 22.7 Å². The highest BCUT2D eigenvalue weighted by molar-refractivity contribution is 5.61. The lowest BCUT2D eigenvalue weighted by molar-refractivity contribution is 0.0556. The van der Waals surface area contributed by atoms with Gasteiger partial charge in [0.25, 0.3) is 5.89 Å². The first kappa shape index (κ1) is 13.5. The van der Waals surface area contributed by atoms with Crippen molar-refractivity contribution in [2.24, 2.45) is 5.92 Å². The Balaban J connectivity index is 2.38. The number of methoxy groups -OCH3 is 1. The molecule has 0 saturated carbocycles. The first-order valence-electron chi connectivity index (χ1n) is 5.88. The van der Waals surface area contributed by atoms with Gasteiger partial charge in [-0.2, -0.15) is 4.98 Å². The molecular weight excluding hydrogens is 251 g/mol. The third-order valence-electron chi connectivity index (χ3n) is 2.74. The van der Waals surface area contributed by atoms with Gasteiger partial charge in [0.1, 0.15) is 17.7 Å². The standard InChI is InChI=1S/C13H15FN2O3/c1-7(2)11(18-3)12-15-13(19-16-12)9-6-8(14)4-5-10(9)17/h4-7,11,17H,1-3H3. The largest absolute Gasteiger partial charge is 0.507 e. The highest BCUT2D eigenvalue weighted by atomic mass is 19.1. The third-order valence-corrected chi connectivity index (χ3v) is 2.74. The SMILES string of the molecule is COC(c1noc(-c2cc(F)ccc2O)n1)C(C)C. The van der Waals surface area contributed by atoms with Gasteiger partial charge in [-0.15, -0.1) is 0 Å². The number of hydrogen-bond donors (Lipinski definition) is 1. The molecule has 1 aromatic carbocycles. The average molecular weight is 266 g/mol. The first-order valence-corrected chi connectivity index (χ1v) is 5.88. The van der Waals surface area contributed by atoms with E-state index in [4.69, 9.17) is 9.26 Å². The van der Waals surface area contributed by atoms with Gasteiger partial charge in [-0.1, -0.05) is 19.0 Å². The van der Waals surface area contributed by atoms with Gasteiger partial charge in [0.15, 0.2) is 0 Å². The van der Waals surface area contributed by atoms with E-state index in [0.717, 1.165) is 12.1 Å². The Kier molecular flexibility index (Phi) is 3.80. The Morgan fingerprint density at radius 3 is 2.74 bits per heavy atom. The maximum atomic E-state index is 13.2. The molecule has 0 amide bonds. The summed E-state index contributed by atoms with van der Waals surface area (Å²) in [5, 5.41) is 13.5. The number of halogens is 1. The lowest BCUT2D eigenvalue weighted by atomic mass is 10.1. The lowest BCUT2D eigenvalue weighted by Gasteiger charge is -2.14. The molecule has 2 aromatic rings. The zero-order valence-corrected chi connectivity index (χ0v) is 10.9.